The highest BCUT2D eigenvalue weighted by molar-refractivity contribution is 5.95. The second kappa shape index (κ2) is 8.68. The van der Waals surface area contributed by atoms with Crippen molar-refractivity contribution in [3.63, 3.8) is 0 Å². The zero-order valence-electron chi connectivity index (χ0n) is 14.7. The maximum Gasteiger partial charge on any atom is 0.306 e. The first-order chi connectivity index (χ1) is 11.6. The fourth-order valence-corrected chi connectivity index (χ4v) is 3.66. The summed E-state index contributed by atoms with van der Waals surface area (Å²) in [5.41, 5.74) is 2.16. The molecule has 2 fully saturated rings. The number of nitrogens with one attached hydrogen (secondary N) is 2. The van der Waals surface area contributed by atoms with Crippen molar-refractivity contribution in [3.05, 3.63) is 29.8 Å². The average Bonchev–Trinajstić information content (AvgIpc) is 3.28. The summed E-state index contributed by atoms with van der Waals surface area (Å²) < 4.78 is 4.93. The van der Waals surface area contributed by atoms with E-state index in [1.165, 1.54) is 0 Å². The van der Waals surface area contributed by atoms with E-state index in [9.17, 15) is 9.59 Å². The lowest BCUT2D eigenvalue weighted by Crippen LogP contribution is -2.31. The van der Waals surface area contributed by atoms with Crippen LogP contribution in [0, 0.1) is 11.3 Å². The number of halogens is 1. The third kappa shape index (κ3) is 4.95. The molecule has 1 unspecified atom stereocenters. The third-order valence-electron chi connectivity index (χ3n) is 5.25. The molecule has 138 valence electrons. The summed E-state index contributed by atoms with van der Waals surface area (Å²) in [4.78, 5) is 23.8. The summed E-state index contributed by atoms with van der Waals surface area (Å²) in [5, 5.41) is 6.40. The van der Waals surface area contributed by atoms with Crippen LogP contribution in [0.1, 0.15) is 38.2 Å². The van der Waals surface area contributed by atoms with Crippen molar-refractivity contribution in [1.29, 1.82) is 0 Å². The number of carbonyl (C=O) groups excluding carboxylic acids is 2. The number of esters is 1. The summed E-state index contributed by atoms with van der Waals surface area (Å²) in [6, 6.07) is 7.75. The molecule has 1 saturated carbocycles. The summed E-state index contributed by atoms with van der Waals surface area (Å²) in [6.45, 7) is 4.28. The number of piperidine rings is 1. The molecule has 2 aliphatic rings. The number of benzene rings is 1. The monoisotopic (exact) mass is 366 g/mol. The van der Waals surface area contributed by atoms with Gasteiger partial charge in [-0.2, -0.15) is 0 Å². The zero-order chi connectivity index (χ0) is 17.0. The molecule has 1 spiro atoms. The van der Waals surface area contributed by atoms with Crippen LogP contribution in [-0.2, 0) is 20.7 Å². The van der Waals surface area contributed by atoms with Gasteiger partial charge >= 0.3 is 5.97 Å². The Balaban J connectivity index is 0.00000225. The standard InChI is InChI=1S/C19H26N2O3.ClH/c1-2-24-17(22)8-5-14-3-6-15(7-4-14)21-18(23)16-13-19(16)9-11-20-12-10-19;/h3-4,6-7,16,20H,2,5,8-13H2,1H3,(H,21,23);1H. The Kier molecular flexibility index (Phi) is 6.85. The summed E-state index contributed by atoms with van der Waals surface area (Å²) in [5.74, 6) is 0.148. The average molecular weight is 367 g/mol. The number of aryl methyl sites for hydroxylation is 1. The maximum absolute atomic E-state index is 12.4. The molecule has 0 aromatic heterocycles. The van der Waals surface area contributed by atoms with Crippen LogP contribution in [0.15, 0.2) is 24.3 Å². The van der Waals surface area contributed by atoms with Gasteiger partial charge in [-0.05, 0) is 68.8 Å². The van der Waals surface area contributed by atoms with Gasteiger partial charge in [-0.1, -0.05) is 12.1 Å². The first kappa shape index (κ1) is 19.7. The van der Waals surface area contributed by atoms with E-state index in [2.05, 4.69) is 10.6 Å². The second-order valence-electron chi connectivity index (χ2n) is 6.86. The number of anilines is 1. The lowest BCUT2D eigenvalue weighted by Gasteiger charge is -2.23. The van der Waals surface area contributed by atoms with E-state index in [1.807, 2.05) is 31.2 Å². The molecular formula is C19H27ClN2O3. The summed E-state index contributed by atoms with van der Waals surface area (Å²) in [6.07, 6.45) is 4.29. The topological polar surface area (TPSA) is 67.4 Å². The van der Waals surface area contributed by atoms with Crippen LogP contribution in [0.3, 0.4) is 0 Å². The Hall–Kier alpha value is -1.59. The van der Waals surface area contributed by atoms with Crippen molar-refractivity contribution in [2.45, 2.75) is 39.0 Å². The van der Waals surface area contributed by atoms with Crippen molar-refractivity contribution in [1.82, 2.24) is 5.32 Å². The van der Waals surface area contributed by atoms with E-state index in [1.54, 1.807) is 0 Å². The van der Waals surface area contributed by atoms with Crippen LogP contribution < -0.4 is 10.6 Å². The number of carbonyl (C=O) groups is 2. The fourth-order valence-electron chi connectivity index (χ4n) is 3.66. The van der Waals surface area contributed by atoms with E-state index in [0.717, 1.165) is 43.6 Å². The number of hydrogen-bond acceptors (Lipinski definition) is 4. The molecule has 6 heteroatoms. The van der Waals surface area contributed by atoms with Gasteiger partial charge in [-0.15, -0.1) is 12.4 Å². The van der Waals surface area contributed by atoms with Gasteiger partial charge in [0.1, 0.15) is 0 Å². The molecule has 0 bridgehead atoms. The molecule has 2 N–H and O–H groups in total. The van der Waals surface area contributed by atoms with E-state index in [4.69, 9.17) is 4.74 Å². The molecule has 1 aliphatic carbocycles. The molecule has 5 nitrogen and oxygen atoms in total. The molecule has 1 saturated heterocycles. The van der Waals surface area contributed by atoms with Gasteiger partial charge in [0.05, 0.1) is 6.61 Å². The number of ether oxygens (including phenoxy) is 1. The quantitative estimate of drug-likeness (QED) is 0.759. The van der Waals surface area contributed by atoms with Crippen LogP contribution in [-0.4, -0.2) is 31.6 Å². The molecule has 3 rings (SSSR count). The van der Waals surface area contributed by atoms with Crippen LogP contribution in [0.5, 0.6) is 0 Å². The van der Waals surface area contributed by atoms with Crippen molar-refractivity contribution in [2.24, 2.45) is 11.3 Å². The molecule has 1 aliphatic heterocycles. The molecular weight excluding hydrogens is 340 g/mol. The molecule has 1 heterocycles. The van der Waals surface area contributed by atoms with E-state index >= 15 is 0 Å². The van der Waals surface area contributed by atoms with Gasteiger partial charge in [0.2, 0.25) is 5.91 Å². The number of hydrogen-bond donors (Lipinski definition) is 2. The predicted octanol–water partition coefficient (Wildman–Crippen LogP) is 2.93. The largest absolute Gasteiger partial charge is 0.466 e. The lowest BCUT2D eigenvalue weighted by atomic mass is 9.92. The lowest BCUT2D eigenvalue weighted by molar-refractivity contribution is -0.143. The summed E-state index contributed by atoms with van der Waals surface area (Å²) >= 11 is 0. The first-order valence-corrected chi connectivity index (χ1v) is 8.89. The predicted molar refractivity (Wildman–Crippen MR) is 99.9 cm³/mol. The highest BCUT2D eigenvalue weighted by atomic mass is 35.5. The minimum absolute atomic E-state index is 0. The Bertz CT molecular complexity index is 597. The van der Waals surface area contributed by atoms with Gasteiger partial charge in [-0.3, -0.25) is 9.59 Å². The first-order valence-electron chi connectivity index (χ1n) is 8.89. The van der Waals surface area contributed by atoms with Crippen molar-refractivity contribution in [3.8, 4) is 0 Å². The second-order valence-corrected chi connectivity index (χ2v) is 6.86. The summed E-state index contributed by atoms with van der Waals surface area (Å²) in [7, 11) is 0. The van der Waals surface area contributed by atoms with E-state index < -0.39 is 0 Å². The van der Waals surface area contributed by atoms with Gasteiger partial charge < -0.3 is 15.4 Å². The molecule has 1 aromatic carbocycles. The van der Waals surface area contributed by atoms with Crippen LogP contribution in [0.2, 0.25) is 0 Å². The van der Waals surface area contributed by atoms with Crippen molar-refractivity contribution < 1.29 is 14.3 Å². The molecule has 1 aromatic rings. The molecule has 25 heavy (non-hydrogen) atoms. The van der Waals surface area contributed by atoms with Gasteiger partial charge in [-0.25, -0.2) is 0 Å². The minimum Gasteiger partial charge on any atom is -0.466 e. The van der Waals surface area contributed by atoms with Gasteiger partial charge in [0.25, 0.3) is 0 Å². The SMILES string of the molecule is CCOC(=O)CCc1ccc(NC(=O)C2CC23CCNCC3)cc1.Cl. The molecule has 1 amide bonds. The van der Waals surface area contributed by atoms with Gasteiger partial charge in [0.15, 0.2) is 0 Å². The van der Waals surface area contributed by atoms with Crippen LogP contribution >= 0.6 is 12.4 Å². The highest BCUT2D eigenvalue weighted by Crippen LogP contribution is 2.58. The maximum atomic E-state index is 12.4. The van der Waals surface area contributed by atoms with Crippen LogP contribution in [0.4, 0.5) is 5.69 Å². The number of rotatable bonds is 6. The zero-order valence-corrected chi connectivity index (χ0v) is 15.5. The van der Waals surface area contributed by atoms with E-state index in [-0.39, 0.29) is 35.6 Å². The smallest absolute Gasteiger partial charge is 0.306 e. The Morgan fingerprint density at radius 3 is 2.56 bits per heavy atom. The Morgan fingerprint density at radius 2 is 1.92 bits per heavy atom. The Labute approximate surface area is 155 Å². The number of amides is 1. The highest BCUT2D eigenvalue weighted by Gasteiger charge is 2.57. The van der Waals surface area contributed by atoms with Crippen molar-refractivity contribution >= 4 is 30.0 Å². The van der Waals surface area contributed by atoms with Crippen LogP contribution in [0.25, 0.3) is 0 Å². The van der Waals surface area contributed by atoms with Crippen molar-refractivity contribution in [2.75, 3.05) is 25.0 Å². The Morgan fingerprint density at radius 1 is 1.24 bits per heavy atom. The van der Waals surface area contributed by atoms with Gasteiger partial charge in [0, 0.05) is 18.0 Å². The fraction of sp³-hybridized carbons (Fsp3) is 0.579. The normalized spacial score (nSPS) is 20.4. The minimum atomic E-state index is -0.170. The third-order valence-corrected chi connectivity index (χ3v) is 5.25. The molecule has 0 radical (unpaired) electrons. The van der Waals surface area contributed by atoms with E-state index in [0.29, 0.717) is 19.4 Å². The molecule has 1 atom stereocenters.